The first-order valence-electron chi connectivity index (χ1n) is 9.50. The minimum absolute atomic E-state index is 0.114. The molecule has 8 heteroatoms. The van der Waals surface area contributed by atoms with Gasteiger partial charge in [-0.15, -0.1) is 0 Å². The lowest BCUT2D eigenvalue weighted by molar-refractivity contribution is -0.914. The normalized spacial score (nSPS) is 16.4. The number of hydrogen-bond donors (Lipinski definition) is 2. The highest BCUT2D eigenvalue weighted by molar-refractivity contribution is 5.94. The number of piperazine rings is 1. The zero-order chi connectivity index (χ0) is 21.0. The molecule has 0 bridgehead atoms. The number of para-hydroxylation sites is 2. The van der Waals surface area contributed by atoms with Gasteiger partial charge in [0.2, 0.25) is 0 Å². The van der Waals surface area contributed by atoms with Crippen LogP contribution >= 0.6 is 0 Å². The van der Waals surface area contributed by atoms with E-state index in [2.05, 4.69) is 5.32 Å². The summed E-state index contributed by atoms with van der Waals surface area (Å²) in [5.74, 6) is 0.481. The van der Waals surface area contributed by atoms with Crippen molar-refractivity contribution in [2.45, 2.75) is 19.1 Å². The maximum Gasteiger partial charge on any atom is 0.416 e. The van der Waals surface area contributed by atoms with Crippen molar-refractivity contribution in [3.8, 4) is 5.75 Å². The van der Waals surface area contributed by atoms with Gasteiger partial charge in [-0.1, -0.05) is 18.2 Å². The molecule has 3 rings (SSSR count). The number of benzene rings is 2. The number of halogens is 3. The van der Waals surface area contributed by atoms with Gasteiger partial charge in [0.05, 0.1) is 44.5 Å². The average molecular weight is 408 g/mol. The summed E-state index contributed by atoms with van der Waals surface area (Å²) in [5.41, 5.74) is 0.535. The van der Waals surface area contributed by atoms with Crippen molar-refractivity contribution in [2.75, 3.05) is 43.5 Å². The van der Waals surface area contributed by atoms with Crippen molar-refractivity contribution >= 4 is 17.3 Å². The number of amides is 1. The molecule has 5 nitrogen and oxygen atoms in total. The predicted molar refractivity (Wildman–Crippen MR) is 105 cm³/mol. The Morgan fingerprint density at radius 3 is 2.48 bits per heavy atom. The number of carbonyl (C=O) groups is 1. The van der Waals surface area contributed by atoms with Crippen molar-refractivity contribution in [2.24, 2.45) is 0 Å². The van der Waals surface area contributed by atoms with E-state index in [1.165, 1.54) is 12.1 Å². The molecular formula is C21H25F3N3O2+. The second-order valence-corrected chi connectivity index (χ2v) is 7.10. The van der Waals surface area contributed by atoms with Gasteiger partial charge < -0.3 is 19.9 Å². The van der Waals surface area contributed by atoms with Crippen LogP contribution in [0.4, 0.5) is 24.5 Å². The number of anilines is 2. The maximum absolute atomic E-state index is 12.9. The molecule has 2 aromatic rings. The molecule has 1 aliphatic heterocycles. The molecule has 1 atom stereocenters. The maximum atomic E-state index is 12.9. The van der Waals surface area contributed by atoms with Crippen LogP contribution in [-0.4, -0.2) is 45.2 Å². The quantitative estimate of drug-likeness (QED) is 0.799. The van der Waals surface area contributed by atoms with E-state index >= 15 is 0 Å². The Hall–Kier alpha value is -2.74. The number of hydrogen-bond acceptors (Lipinski definition) is 3. The average Bonchev–Trinajstić information content (AvgIpc) is 2.73. The summed E-state index contributed by atoms with van der Waals surface area (Å²) < 4.78 is 44.1. The van der Waals surface area contributed by atoms with Crippen LogP contribution in [0.2, 0.25) is 0 Å². The first-order valence-corrected chi connectivity index (χ1v) is 9.50. The molecule has 29 heavy (non-hydrogen) atoms. The summed E-state index contributed by atoms with van der Waals surface area (Å²) in [4.78, 5) is 15.7. The minimum Gasteiger partial charge on any atom is -0.495 e. The van der Waals surface area contributed by atoms with Crippen LogP contribution in [0, 0.1) is 0 Å². The van der Waals surface area contributed by atoms with Gasteiger partial charge in [0.25, 0.3) is 5.91 Å². The summed E-state index contributed by atoms with van der Waals surface area (Å²) in [6, 6.07) is 12.3. The Morgan fingerprint density at radius 1 is 1.14 bits per heavy atom. The Labute approximate surface area is 168 Å². The molecule has 156 valence electrons. The standard InChI is InChI=1S/C21H24F3N3O2/c1-15(20(28)25-18-8-3-4-9-19(18)29-2)26-10-12-27(13-11-26)17-7-5-6-16(14-17)21(22,23)24/h3-9,14-15H,10-13H2,1-2H3,(H,25,28)/p+1/t15-/m0/s1. The second-order valence-electron chi connectivity index (χ2n) is 7.10. The summed E-state index contributed by atoms with van der Waals surface area (Å²) in [7, 11) is 1.55. The zero-order valence-electron chi connectivity index (χ0n) is 16.4. The number of nitrogens with one attached hydrogen (secondary N) is 2. The van der Waals surface area contributed by atoms with Crippen LogP contribution in [0.1, 0.15) is 12.5 Å². The van der Waals surface area contributed by atoms with Gasteiger partial charge >= 0.3 is 6.18 Å². The lowest BCUT2D eigenvalue weighted by Crippen LogP contribution is -3.19. The molecule has 1 amide bonds. The topological polar surface area (TPSA) is 46.0 Å². The summed E-state index contributed by atoms with van der Waals surface area (Å²) in [6.45, 7) is 4.36. The molecule has 1 aliphatic rings. The Morgan fingerprint density at radius 2 is 1.83 bits per heavy atom. The van der Waals surface area contributed by atoms with Crippen molar-refractivity contribution in [1.29, 1.82) is 0 Å². The molecule has 0 radical (unpaired) electrons. The van der Waals surface area contributed by atoms with Crippen molar-refractivity contribution in [3.63, 3.8) is 0 Å². The van der Waals surface area contributed by atoms with Crippen molar-refractivity contribution in [3.05, 3.63) is 54.1 Å². The van der Waals surface area contributed by atoms with E-state index in [1.54, 1.807) is 25.3 Å². The van der Waals surface area contributed by atoms with E-state index in [1.807, 2.05) is 24.0 Å². The third kappa shape index (κ3) is 5.00. The Balaban J connectivity index is 1.59. The largest absolute Gasteiger partial charge is 0.495 e. The third-order valence-corrected chi connectivity index (χ3v) is 5.31. The van der Waals surface area contributed by atoms with Gasteiger partial charge in [-0.05, 0) is 37.3 Å². The smallest absolute Gasteiger partial charge is 0.416 e. The van der Waals surface area contributed by atoms with Crippen LogP contribution in [0.15, 0.2) is 48.5 Å². The predicted octanol–water partition coefficient (Wildman–Crippen LogP) is 2.45. The molecular weight excluding hydrogens is 383 g/mol. The highest BCUT2D eigenvalue weighted by atomic mass is 19.4. The Bertz CT molecular complexity index is 849. The fourth-order valence-electron chi connectivity index (χ4n) is 3.54. The van der Waals surface area contributed by atoms with Crippen LogP contribution in [0.5, 0.6) is 5.75 Å². The molecule has 0 aromatic heterocycles. The van der Waals surface area contributed by atoms with E-state index < -0.39 is 11.7 Å². The first kappa shape index (κ1) is 21.0. The summed E-state index contributed by atoms with van der Waals surface area (Å²) >= 11 is 0. The number of quaternary nitrogens is 1. The number of methoxy groups -OCH3 is 1. The molecule has 1 fully saturated rings. The van der Waals surface area contributed by atoms with Gasteiger partial charge in [-0.2, -0.15) is 13.2 Å². The molecule has 2 aromatic carbocycles. The van der Waals surface area contributed by atoms with Crippen molar-refractivity contribution < 1.29 is 27.6 Å². The van der Waals surface area contributed by atoms with E-state index in [0.717, 1.165) is 11.0 Å². The van der Waals surface area contributed by atoms with Crippen LogP contribution < -0.4 is 19.9 Å². The van der Waals surface area contributed by atoms with Crippen LogP contribution in [0.25, 0.3) is 0 Å². The third-order valence-electron chi connectivity index (χ3n) is 5.31. The highest BCUT2D eigenvalue weighted by Crippen LogP contribution is 2.31. The fraction of sp³-hybridized carbons (Fsp3) is 0.381. The second kappa shape index (κ2) is 8.73. The van der Waals surface area contributed by atoms with Gasteiger partial charge in [-0.3, -0.25) is 4.79 Å². The minimum atomic E-state index is -4.35. The highest BCUT2D eigenvalue weighted by Gasteiger charge is 2.32. The SMILES string of the molecule is COc1ccccc1NC(=O)[C@H](C)[NH+]1CCN(c2cccc(C(F)(F)F)c2)CC1. The molecule has 0 saturated carbocycles. The van der Waals surface area contributed by atoms with E-state index in [-0.39, 0.29) is 11.9 Å². The van der Waals surface area contributed by atoms with E-state index in [4.69, 9.17) is 4.74 Å². The Kier molecular flexibility index (Phi) is 6.32. The van der Waals surface area contributed by atoms with E-state index in [9.17, 15) is 18.0 Å². The zero-order valence-corrected chi connectivity index (χ0v) is 16.4. The fourth-order valence-corrected chi connectivity index (χ4v) is 3.54. The molecule has 0 aliphatic carbocycles. The molecule has 1 heterocycles. The lowest BCUT2D eigenvalue weighted by Gasteiger charge is -2.36. The molecule has 2 N–H and O–H groups in total. The summed E-state index contributed by atoms with van der Waals surface area (Å²) in [6.07, 6.45) is -4.35. The number of rotatable bonds is 5. The van der Waals surface area contributed by atoms with Crippen molar-refractivity contribution in [1.82, 2.24) is 0 Å². The number of nitrogens with zero attached hydrogens (tertiary/aromatic N) is 1. The number of carbonyl (C=O) groups excluding carboxylic acids is 1. The van der Waals surface area contributed by atoms with E-state index in [0.29, 0.717) is 43.3 Å². The molecule has 0 spiro atoms. The van der Waals surface area contributed by atoms with Gasteiger partial charge in [0.1, 0.15) is 5.75 Å². The molecule has 1 saturated heterocycles. The molecule has 0 unspecified atom stereocenters. The van der Waals surface area contributed by atoms with Gasteiger partial charge in [0, 0.05) is 5.69 Å². The van der Waals surface area contributed by atoms with Crippen LogP contribution in [-0.2, 0) is 11.0 Å². The van der Waals surface area contributed by atoms with Gasteiger partial charge in [-0.25, -0.2) is 0 Å². The number of ether oxygens (including phenoxy) is 1. The lowest BCUT2D eigenvalue weighted by atomic mass is 10.1. The monoisotopic (exact) mass is 408 g/mol. The first-order chi connectivity index (χ1) is 13.8. The number of alkyl halides is 3. The van der Waals surface area contributed by atoms with Gasteiger partial charge in [0.15, 0.2) is 6.04 Å². The van der Waals surface area contributed by atoms with Crippen LogP contribution in [0.3, 0.4) is 0 Å². The summed E-state index contributed by atoms with van der Waals surface area (Å²) in [5, 5.41) is 2.90.